The predicted octanol–water partition coefficient (Wildman–Crippen LogP) is 3.94. The Labute approximate surface area is 116 Å². The third kappa shape index (κ3) is 4.19. The largest absolute Gasteiger partial charge is 0.299 e. The van der Waals surface area contributed by atoms with Crippen LogP contribution in [0.5, 0.6) is 0 Å². The summed E-state index contributed by atoms with van der Waals surface area (Å²) in [6.45, 7) is 4.21. The summed E-state index contributed by atoms with van der Waals surface area (Å²) in [4.78, 5) is 12.4. The lowest BCUT2D eigenvalue weighted by molar-refractivity contribution is -0.122. The smallest absolute Gasteiger partial charge is 0.141 e. The van der Waals surface area contributed by atoms with Crippen molar-refractivity contribution in [1.82, 2.24) is 9.78 Å². The first kappa shape index (κ1) is 14.3. The molecular formula is C16H26N2O. The Balaban J connectivity index is 1.91. The molecule has 1 heterocycles. The van der Waals surface area contributed by atoms with Crippen molar-refractivity contribution in [3.63, 3.8) is 0 Å². The van der Waals surface area contributed by atoms with Crippen molar-refractivity contribution in [3.05, 3.63) is 18.0 Å². The van der Waals surface area contributed by atoms with Gasteiger partial charge in [-0.3, -0.25) is 9.48 Å². The fourth-order valence-corrected chi connectivity index (χ4v) is 2.86. The van der Waals surface area contributed by atoms with Gasteiger partial charge in [-0.2, -0.15) is 5.10 Å². The highest BCUT2D eigenvalue weighted by Gasteiger charge is 2.20. The number of hydrogen-bond acceptors (Lipinski definition) is 2. The number of carbonyl (C=O) groups is 1. The molecule has 0 atom stereocenters. The van der Waals surface area contributed by atoms with Gasteiger partial charge in [0.1, 0.15) is 5.78 Å². The molecule has 1 aliphatic carbocycles. The highest BCUT2D eigenvalue weighted by Crippen LogP contribution is 2.24. The second kappa shape index (κ2) is 6.88. The number of ketones is 1. The van der Waals surface area contributed by atoms with Crippen LogP contribution in [0.25, 0.3) is 0 Å². The molecule has 106 valence electrons. The van der Waals surface area contributed by atoms with Gasteiger partial charge in [-0.15, -0.1) is 0 Å². The standard InChI is InChI=1S/C16H26N2O/c1-13(2)18-11-10-15(17-18)12-16(19)14-8-6-4-3-5-7-9-14/h10-11,13-14H,3-9,12H2,1-2H3. The van der Waals surface area contributed by atoms with Crippen molar-refractivity contribution in [3.8, 4) is 0 Å². The summed E-state index contributed by atoms with van der Waals surface area (Å²) >= 11 is 0. The Morgan fingerprint density at radius 1 is 1.26 bits per heavy atom. The second-order valence-electron chi connectivity index (χ2n) is 6.07. The third-order valence-electron chi connectivity index (χ3n) is 4.11. The van der Waals surface area contributed by atoms with E-state index in [0.717, 1.165) is 18.5 Å². The highest BCUT2D eigenvalue weighted by molar-refractivity contribution is 5.82. The van der Waals surface area contributed by atoms with Gasteiger partial charge in [0.15, 0.2) is 0 Å². The quantitative estimate of drug-likeness (QED) is 0.824. The Kier molecular flexibility index (Phi) is 5.17. The summed E-state index contributed by atoms with van der Waals surface area (Å²) < 4.78 is 1.93. The Hall–Kier alpha value is -1.12. The van der Waals surface area contributed by atoms with Gasteiger partial charge in [0.2, 0.25) is 0 Å². The number of hydrogen-bond donors (Lipinski definition) is 0. The molecule has 0 aromatic carbocycles. The van der Waals surface area contributed by atoms with Gasteiger partial charge < -0.3 is 0 Å². The summed E-state index contributed by atoms with van der Waals surface area (Å²) in [6, 6.07) is 2.35. The number of Topliss-reactive ketones (excluding diaryl/α,β-unsaturated/α-hetero) is 1. The van der Waals surface area contributed by atoms with Crippen LogP contribution in [0.4, 0.5) is 0 Å². The van der Waals surface area contributed by atoms with E-state index < -0.39 is 0 Å². The van der Waals surface area contributed by atoms with Crippen LogP contribution in [0.3, 0.4) is 0 Å². The van der Waals surface area contributed by atoms with E-state index in [2.05, 4.69) is 18.9 Å². The van der Waals surface area contributed by atoms with E-state index >= 15 is 0 Å². The minimum atomic E-state index is 0.282. The molecule has 0 radical (unpaired) electrons. The molecule has 0 saturated heterocycles. The topological polar surface area (TPSA) is 34.9 Å². The van der Waals surface area contributed by atoms with Crippen molar-refractivity contribution in [2.45, 2.75) is 71.3 Å². The molecule has 1 aromatic heterocycles. The van der Waals surface area contributed by atoms with Crippen LogP contribution >= 0.6 is 0 Å². The van der Waals surface area contributed by atoms with E-state index in [9.17, 15) is 4.79 Å². The first-order chi connectivity index (χ1) is 9.16. The number of rotatable bonds is 4. The molecule has 0 amide bonds. The molecule has 1 fully saturated rings. The second-order valence-corrected chi connectivity index (χ2v) is 6.07. The normalized spacial score (nSPS) is 18.3. The summed E-state index contributed by atoms with van der Waals surface area (Å²) in [6.07, 6.45) is 11.0. The molecule has 3 nitrogen and oxygen atoms in total. The molecule has 0 bridgehead atoms. The van der Waals surface area contributed by atoms with E-state index in [4.69, 9.17) is 0 Å². The molecule has 1 aromatic rings. The van der Waals surface area contributed by atoms with Crippen LogP contribution in [0.15, 0.2) is 12.3 Å². The molecule has 0 unspecified atom stereocenters. The zero-order valence-corrected chi connectivity index (χ0v) is 12.3. The highest BCUT2D eigenvalue weighted by atomic mass is 16.1. The van der Waals surface area contributed by atoms with Crippen molar-refractivity contribution in [1.29, 1.82) is 0 Å². The average Bonchev–Trinajstić information content (AvgIpc) is 2.76. The van der Waals surface area contributed by atoms with Gasteiger partial charge in [0, 0.05) is 18.2 Å². The van der Waals surface area contributed by atoms with Gasteiger partial charge in [-0.05, 0) is 32.8 Å². The summed E-state index contributed by atoms with van der Waals surface area (Å²) in [5.74, 6) is 0.681. The van der Waals surface area contributed by atoms with E-state index in [-0.39, 0.29) is 5.92 Å². The van der Waals surface area contributed by atoms with Crippen molar-refractivity contribution in [2.75, 3.05) is 0 Å². The minimum absolute atomic E-state index is 0.282. The van der Waals surface area contributed by atoms with Gasteiger partial charge in [-0.25, -0.2) is 0 Å². The molecule has 1 aliphatic rings. The SMILES string of the molecule is CC(C)n1ccc(CC(=O)C2CCCCCCC2)n1. The van der Waals surface area contributed by atoms with Crippen molar-refractivity contribution < 1.29 is 4.79 Å². The summed E-state index contributed by atoms with van der Waals surface area (Å²) in [7, 11) is 0. The minimum Gasteiger partial charge on any atom is -0.299 e. The molecule has 0 spiro atoms. The lowest BCUT2D eigenvalue weighted by Crippen LogP contribution is -2.18. The van der Waals surface area contributed by atoms with E-state index in [1.807, 2.05) is 16.9 Å². The maximum atomic E-state index is 12.4. The molecule has 0 aliphatic heterocycles. The van der Waals surface area contributed by atoms with Gasteiger partial charge in [0.25, 0.3) is 0 Å². The summed E-state index contributed by atoms with van der Waals surface area (Å²) in [5, 5.41) is 4.48. The van der Waals surface area contributed by atoms with E-state index in [1.54, 1.807) is 0 Å². The molecule has 1 saturated carbocycles. The van der Waals surface area contributed by atoms with Crippen molar-refractivity contribution >= 4 is 5.78 Å². The molecule has 0 N–H and O–H groups in total. The molecule has 19 heavy (non-hydrogen) atoms. The Morgan fingerprint density at radius 2 is 1.89 bits per heavy atom. The van der Waals surface area contributed by atoms with Crippen molar-refractivity contribution in [2.24, 2.45) is 5.92 Å². The van der Waals surface area contributed by atoms with Gasteiger partial charge >= 0.3 is 0 Å². The lowest BCUT2D eigenvalue weighted by atomic mass is 9.87. The van der Waals surface area contributed by atoms with Gasteiger partial charge in [-0.1, -0.05) is 32.1 Å². The van der Waals surface area contributed by atoms with Crippen LogP contribution in [-0.2, 0) is 11.2 Å². The summed E-state index contributed by atoms with van der Waals surface area (Å²) in [5.41, 5.74) is 0.931. The molecule has 2 rings (SSSR count). The van der Waals surface area contributed by atoms with E-state index in [1.165, 1.54) is 32.1 Å². The predicted molar refractivity (Wildman–Crippen MR) is 77.1 cm³/mol. The maximum Gasteiger partial charge on any atom is 0.141 e. The van der Waals surface area contributed by atoms with Crippen LogP contribution in [0, 0.1) is 5.92 Å². The fraction of sp³-hybridized carbons (Fsp3) is 0.750. The van der Waals surface area contributed by atoms with Crippen LogP contribution in [0.1, 0.15) is 70.5 Å². The number of carbonyl (C=O) groups excluding carboxylic acids is 1. The van der Waals surface area contributed by atoms with E-state index in [0.29, 0.717) is 18.2 Å². The van der Waals surface area contributed by atoms with Gasteiger partial charge in [0.05, 0.1) is 12.1 Å². The zero-order chi connectivity index (χ0) is 13.7. The lowest BCUT2D eigenvalue weighted by Gasteiger charge is -2.18. The fourth-order valence-electron chi connectivity index (χ4n) is 2.86. The van der Waals surface area contributed by atoms with Crippen LogP contribution in [0.2, 0.25) is 0 Å². The zero-order valence-electron chi connectivity index (χ0n) is 12.3. The number of nitrogens with zero attached hydrogens (tertiary/aromatic N) is 2. The average molecular weight is 262 g/mol. The molecule has 3 heteroatoms. The maximum absolute atomic E-state index is 12.4. The van der Waals surface area contributed by atoms with Crippen LogP contribution in [-0.4, -0.2) is 15.6 Å². The first-order valence-electron chi connectivity index (χ1n) is 7.73. The third-order valence-corrected chi connectivity index (χ3v) is 4.11. The Morgan fingerprint density at radius 3 is 2.47 bits per heavy atom. The number of aromatic nitrogens is 2. The monoisotopic (exact) mass is 262 g/mol. The first-order valence-corrected chi connectivity index (χ1v) is 7.73. The Bertz CT molecular complexity index is 401. The molecular weight excluding hydrogens is 236 g/mol. The van der Waals surface area contributed by atoms with Crippen LogP contribution < -0.4 is 0 Å².